The lowest BCUT2D eigenvalue weighted by Crippen LogP contribution is -2.26. The molecule has 2 aromatic carbocycles. The Hall–Kier alpha value is -2.41. The van der Waals surface area contributed by atoms with Crippen LogP contribution in [0.25, 0.3) is 0 Å². The summed E-state index contributed by atoms with van der Waals surface area (Å²) >= 11 is 0. The normalized spacial score (nSPS) is 11.0. The molecule has 0 aliphatic heterocycles. The number of amides is 1. The molecule has 7 heteroatoms. The number of halogens is 1. The lowest BCUT2D eigenvalue weighted by Gasteiger charge is -2.08. The van der Waals surface area contributed by atoms with Gasteiger partial charge >= 0.3 is 0 Å². The maximum absolute atomic E-state index is 13.5. The van der Waals surface area contributed by atoms with E-state index < -0.39 is 10.0 Å². The zero-order valence-electron chi connectivity index (χ0n) is 12.5. The Bertz CT molecular complexity index is 806. The highest BCUT2D eigenvalue weighted by Crippen LogP contribution is 2.12. The van der Waals surface area contributed by atoms with Crippen molar-refractivity contribution < 1.29 is 17.6 Å². The van der Waals surface area contributed by atoms with Gasteiger partial charge in [0, 0.05) is 17.8 Å². The fourth-order valence-corrected chi connectivity index (χ4v) is 2.61. The summed E-state index contributed by atoms with van der Waals surface area (Å²) in [6.07, 6.45) is 1.41. The summed E-state index contributed by atoms with van der Waals surface area (Å²) in [6, 6.07) is 12.5. The Morgan fingerprint density at radius 2 is 1.87 bits per heavy atom. The summed E-state index contributed by atoms with van der Waals surface area (Å²) < 4.78 is 38.2. The molecule has 23 heavy (non-hydrogen) atoms. The molecule has 0 heterocycles. The van der Waals surface area contributed by atoms with Crippen LogP contribution in [0.5, 0.6) is 0 Å². The van der Waals surface area contributed by atoms with E-state index >= 15 is 0 Å². The van der Waals surface area contributed by atoms with Crippen LogP contribution >= 0.6 is 0 Å². The lowest BCUT2D eigenvalue weighted by atomic mass is 10.1. The molecule has 1 amide bonds. The van der Waals surface area contributed by atoms with Gasteiger partial charge in [-0.05, 0) is 36.2 Å². The quantitative estimate of drug-likeness (QED) is 0.849. The summed E-state index contributed by atoms with van der Waals surface area (Å²) in [5.74, 6) is -0.653. The zero-order chi connectivity index (χ0) is 16.9. The first-order valence-corrected chi connectivity index (χ1v) is 8.84. The number of hydrogen-bond acceptors (Lipinski definition) is 3. The fraction of sp³-hybridized carbons (Fsp3) is 0.188. The van der Waals surface area contributed by atoms with Crippen LogP contribution in [-0.2, 0) is 16.4 Å². The Labute approximate surface area is 134 Å². The molecule has 5 nitrogen and oxygen atoms in total. The number of hydrogen-bond donors (Lipinski definition) is 2. The van der Waals surface area contributed by atoms with E-state index in [1.54, 1.807) is 36.4 Å². The van der Waals surface area contributed by atoms with Crippen molar-refractivity contribution in [1.82, 2.24) is 5.32 Å². The Morgan fingerprint density at radius 1 is 1.13 bits per heavy atom. The van der Waals surface area contributed by atoms with Crippen molar-refractivity contribution in [3.05, 3.63) is 65.5 Å². The third-order valence-corrected chi connectivity index (χ3v) is 3.67. The molecule has 0 aromatic heterocycles. The van der Waals surface area contributed by atoms with E-state index in [0.29, 0.717) is 23.2 Å². The third-order valence-electron chi connectivity index (χ3n) is 3.07. The van der Waals surface area contributed by atoms with Crippen molar-refractivity contribution in [2.45, 2.75) is 6.42 Å². The Morgan fingerprint density at radius 3 is 2.57 bits per heavy atom. The van der Waals surface area contributed by atoms with E-state index in [1.165, 1.54) is 12.1 Å². The first kappa shape index (κ1) is 17.0. The van der Waals surface area contributed by atoms with Crippen molar-refractivity contribution in [1.29, 1.82) is 0 Å². The van der Waals surface area contributed by atoms with Crippen molar-refractivity contribution >= 4 is 21.6 Å². The van der Waals surface area contributed by atoms with Gasteiger partial charge in [-0.1, -0.05) is 24.3 Å². The summed E-state index contributed by atoms with van der Waals surface area (Å²) in [5.41, 5.74) is 1.17. The fourth-order valence-electron chi connectivity index (χ4n) is 2.05. The molecule has 0 aliphatic carbocycles. The smallest absolute Gasteiger partial charge is 0.251 e. The standard InChI is InChI=1S/C16H17FN2O3S/c1-23(21,22)19-14-7-4-6-13(11-14)16(20)18-10-9-12-5-2-3-8-15(12)17/h2-8,11,19H,9-10H2,1H3,(H,18,20). The van der Waals surface area contributed by atoms with Gasteiger partial charge in [-0.25, -0.2) is 12.8 Å². The highest BCUT2D eigenvalue weighted by atomic mass is 32.2. The molecule has 0 saturated carbocycles. The largest absolute Gasteiger partial charge is 0.352 e. The predicted molar refractivity (Wildman–Crippen MR) is 87.3 cm³/mol. The van der Waals surface area contributed by atoms with Crippen LogP contribution in [0.2, 0.25) is 0 Å². The van der Waals surface area contributed by atoms with E-state index in [9.17, 15) is 17.6 Å². The van der Waals surface area contributed by atoms with Gasteiger partial charge in [0.05, 0.1) is 6.26 Å². The van der Waals surface area contributed by atoms with E-state index in [0.717, 1.165) is 6.26 Å². The van der Waals surface area contributed by atoms with E-state index in [-0.39, 0.29) is 18.3 Å². The van der Waals surface area contributed by atoms with E-state index in [2.05, 4.69) is 10.0 Å². The molecule has 0 unspecified atom stereocenters. The summed E-state index contributed by atoms with van der Waals surface area (Å²) in [5, 5.41) is 2.68. The van der Waals surface area contributed by atoms with E-state index in [1.807, 2.05) is 0 Å². The first-order valence-electron chi connectivity index (χ1n) is 6.94. The molecule has 0 fully saturated rings. The number of benzene rings is 2. The molecule has 0 atom stereocenters. The first-order chi connectivity index (χ1) is 10.8. The molecule has 2 aromatic rings. The molecule has 122 valence electrons. The van der Waals surface area contributed by atoms with Crippen molar-refractivity contribution in [3.8, 4) is 0 Å². The maximum atomic E-state index is 13.5. The number of rotatable bonds is 6. The Balaban J connectivity index is 1.96. The molecule has 0 spiro atoms. The van der Waals surface area contributed by atoms with Crippen LogP contribution in [0, 0.1) is 5.82 Å². The van der Waals surface area contributed by atoms with Crippen molar-refractivity contribution in [2.75, 3.05) is 17.5 Å². The molecule has 2 rings (SSSR count). The van der Waals surface area contributed by atoms with Gasteiger partial charge in [0.1, 0.15) is 5.82 Å². The Kier molecular flexibility index (Phi) is 5.33. The SMILES string of the molecule is CS(=O)(=O)Nc1cccc(C(=O)NCCc2ccccc2F)c1. The molecule has 0 aliphatic rings. The topological polar surface area (TPSA) is 75.3 Å². The average Bonchev–Trinajstić information content (AvgIpc) is 2.47. The number of anilines is 1. The van der Waals surface area contributed by atoms with Gasteiger partial charge in [0.2, 0.25) is 10.0 Å². The van der Waals surface area contributed by atoms with Gasteiger partial charge < -0.3 is 5.32 Å². The van der Waals surface area contributed by atoms with Crippen LogP contribution in [0.1, 0.15) is 15.9 Å². The van der Waals surface area contributed by atoms with Crippen molar-refractivity contribution in [2.24, 2.45) is 0 Å². The number of carbonyl (C=O) groups is 1. The second-order valence-corrected chi connectivity index (χ2v) is 6.80. The third kappa shape index (κ3) is 5.37. The van der Waals surface area contributed by atoms with Gasteiger partial charge in [-0.2, -0.15) is 0 Å². The molecule has 0 bridgehead atoms. The summed E-state index contributed by atoms with van der Waals surface area (Å²) in [7, 11) is -3.40. The molecule has 0 saturated heterocycles. The minimum atomic E-state index is -3.40. The van der Waals surface area contributed by atoms with Crippen LogP contribution in [0.15, 0.2) is 48.5 Å². The summed E-state index contributed by atoms with van der Waals surface area (Å²) in [4.78, 5) is 12.1. The zero-order valence-corrected chi connectivity index (χ0v) is 13.4. The predicted octanol–water partition coefficient (Wildman–Crippen LogP) is 2.17. The van der Waals surface area contributed by atoms with Crippen LogP contribution in [0.3, 0.4) is 0 Å². The molecular formula is C16H17FN2O3S. The van der Waals surface area contributed by atoms with Gasteiger partial charge in [0.25, 0.3) is 5.91 Å². The van der Waals surface area contributed by atoms with Crippen molar-refractivity contribution in [3.63, 3.8) is 0 Å². The second-order valence-electron chi connectivity index (χ2n) is 5.05. The highest BCUT2D eigenvalue weighted by molar-refractivity contribution is 7.92. The van der Waals surface area contributed by atoms with Crippen LogP contribution in [-0.4, -0.2) is 27.1 Å². The molecule has 0 radical (unpaired) electrons. The number of sulfonamides is 1. The highest BCUT2D eigenvalue weighted by Gasteiger charge is 2.08. The van der Waals surface area contributed by atoms with Gasteiger partial charge in [-0.15, -0.1) is 0 Å². The average molecular weight is 336 g/mol. The van der Waals surface area contributed by atoms with Crippen LogP contribution < -0.4 is 10.0 Å². The maximum Gasteiger partial charge on any atom is 0.251 e. The molecular weight excluding hydrogens is 319 g/mol. The monoisotopic (exact) mass is 336 g/mol. The summed E-state index contributed by atoms with van der Waals surface area (Å²) in [6.45, 7) is 0.281. The minimum absolute atomic E-state index is 0.281. The second kappa shape index (κ2) is 7.23. The van der Waals surface area contributed by atoms with E-state index in [4.69, 9.17) is 0 Å². The van der Waals surface area contributed by atoms with Gasteiger partial charge in [-0.3, -0.25) is 9.52 Å². The minimum Gasteiger partial charge on any atom is -0.352 e. The van der Waals surface area contributed by atoms with Crippen LogP contribution in [0.4, 0.5) is 10.1 Å². The number of nitrogens with one attached hydrogen (secondary N) is 2. The number of carbonyl (C=O) groups excluding carboxylic acids is 1. The molecule has 2 N–H and O–H groups in total. The lowest BCUT2D eigenvalue weighted by molar-refractivity contribution is 0.0954. The van der Waals surface area contributed by atoms with Gasteiger partial charge in [0.15, 0.2) is 0 Å².